The van der Waals surface area contributed by atoms with Gasteiger partial charge in [0, 0.05) is 18.8 Å². The molecule has 0 heterocycles. The second kappa shape index (κ2) is 13.6. The molecular weight excluding hydrogens is 212 g/mol. The van der Waals surface area contributed by atoms with Crippen molar-refractivity contribution in [3.63, 3.8) is 0 Å². The lowest BCUT2D eigenvalue weighted by Crippen LogP contribution is -2.06. The number of aliphatic hydroxyl groups is 1. The Kier molecular flexibility index (Phi) is 14.5. The summed E-state index contributed by atoms with van der Waals surface area (Å²) in [6, 6.07) is 0. The van der Waals surface area contributed by atoms with Crippen molar-refractivity contribution >= 4 is 25.1 Å². The largest absolute Gasteiger partial charge is 0.386 e. The van der Waals surface area contributed by atoms with Crippen LogP contribution in [0.3, 0.4) is 0 Å². The first-order chi connectivity index (χ1) is 7.62. The summed E-state index contributed by atoms with van der Waals surface area (Å²) in [6.07, 6.45) is 3.51. The zero-order valence-corrected chi connectivity index (χ0v) is 9.37. The fraction of sp³-hybridized carbons (Fsp3) is 0.636. The van der Waals surface area contributed by atoms with Gasteiger partial charge in [-0.05, 0) is 12.8 Å². The lowest BCUT2D eigenvalue weighted by atomic mass is 10.1. The Morgan fingerprint density at radius 3 is 1.81 bits per heavy atom. The zero-order chi connectivity index (χ0) is 12.8. The number of hydrogen-bond donors (Lipinski definition) is 1. The predicted octanol–water partition coefficient (Wildman–Crippen LogP) is 0.326. The Balaban J connectivity index is 0. The van der Waals surface area contributed by atoms with Gasteiger partial charge in [0.05, 0.1) is 0 Å². The number of rotatable bonds is 8. The van der Waals surface area contributed by atoms with Gasteiger partial charge in [0.15, 0.2) is 0 Å². The van der Waals surface area contributed by atoms with Crippen molar-refractivity contribution in [1.82, 2.24) is 0 Å². The van der Waals surface area contributed by atoms with Crippen LogP contribution in [0.1, 0.15) is 32.6 Å². The van der Waals surface area contributed by atoms with Crippen molar-refractivity contribution in [1.29, 1.82) is 0 Å². The third kappa shape index (κ3) is 15.1. The second-order valence-corrected chi connectivity index (χ2v) is 3.30. The quantitative estimate of drug-likeness (QED) is 0.607. The molecule has 0 aromatic heterocycles. The molecule has 0 aliphatic carbocycles. The first-order valence-electron chi connectivity index (χ1n) is 5.08. The molecule has 0 radical (unpaired) electrons. The van der Waals surface area contributed by atoms with Crippen LogP contribution in [-0.2, 0) is 19.2 Å². The van der Waals surface area contributed by atoms with Crippen LogP contribution >= 0.6 is 0 Å². The SMILES string of the molecule is CC(C=O)CCC=O.O=CCCC(O)C=O. The van der Waals surface area contributed by atoms with Crippen molar-refractivity contribution in [3.05, 3.63) is 0 Å². The Hall–Kier alpha value is -1.36. The van der Waals surface area contributed by atoms with E-state index < -0.39 is 6.10 Å². The number of aldehydes is 4. The average Bonchev–Trinajstić information content (AvgIpc) is 2.33. The third-order valence-electron chi connectivity index (χ3n) is 1.71. The smallest absolute Gasteiger partial charge is 0.148 e. The van der Waals surface area contributed by atoms with Crippen molar-refractivity contribution < 1.29 is 24.3 Å². The normalized spacial score (nSPS) is 12.6. The highest BCUT2D eigenvalue weighted by Gasteiger charge is 1.97. The molecule has 1 N–H and O–H groups in total. The van der Waals surface area contributed by atoms with Gasteiger partial charge in [-0.15, -0.1) is 0 Å². The van der Waals surface area contributed by atoms with E-state index in [0.717, 1.165) is 12.6 Å². The molecule has 5 heteroatoms. The van der Waals surface area contributed by atoms with Crippen LogP contribution in [0.4, 0.5) is 0 Å². The van der Waals surface area contributed by atoms with E-state index in [0.29, 0.717) is 25.4 Å². The van der Waals surface area contributed by atoms with Crippen molar-refractivity contribution in [2.45, 2.75) is 38.7 Å². The highest BCUT2D eigenvalue weighted by Crippen LogP contribution is 1.98. The van der Waals surface area contributed by atoms with Crippen LogP contribution in [0.5, 0.6) is 0 Å². The molecule has 5 nitrogen and oxygen atoms in total. The Labute approximate surface area is 94.8 Å². The van der Waals surface area contributed by atoms with Gasteiger partial charge in [0.25, 0.3) is 0 Å². The highest BCUT2D eigenvalue weighted by atomic mass is 16.3. The maximum absolute atomic E-state index is 9.89. The van der Waals surface area contributed by atoms with Gasteiger partial charge < -0.3 is 24.3 Å². The average molecular weight is 230 g/mol. The van der Waals surface area contributed by atoms with Gasteiger partial charge in [0.1, 0.15) is 31.2 Å². The molecule has 92 valence electrons. The molecule has 0 aromatic rings. The van der Waals surface area contributed by atoms with Crippen LogP contribution in [0.2, 0.25) is 0 Å². The van der Waals surface area contributed by atoms with Crippen LogP contribution in [0, 0.1) is 5.92 Å². The Bertz CT molecular complexity index is 181. The van der Waals surface area contributed by atoms with Crippen LogP contribution in [0.15, 0.2) is 0 Å². The summed E-state index contributed by atoms with van der Waals surface area (Å²) < 4.78 is 0. The lowest BCUT2D eigenvalue weighted by Gasteiger charge is -1.94. The maximum Gasteiger partial charge on any atom is 0.148 e. The van der Waals surface area contributed by atoms with Gasteiger partial charge in [0.2, 0.25) is 0 Å². The molecule has 0 aliphatic rings. The van der Waals surface area contributed by atoms with E-state index in [4.69, 9.17) is 5.11 Å². The van der Waals surface area contributed by atoms with Gasteiger partial charge in [-0.3, -0.25) is 0 Å². The standard InChI is InChI=1S/C6H10O2.C5H8O3/c1-6(5-8)3-2-4-7;6-3-1-2-5(8)4-7/h4-6H,2-3H2,1H3;3-5,8H,1-2H2. The van der Waals surface area contributed by atoms with E-state index in [1.165, 1.54) is 0 Å². The molecule has 0 saturated carbocycles. The minimum atomic E-state index is -0.958. The van der Waals surface area contributed by atoms with E-state index in [9.17, 15) is 19.2 Å². The molecule has 2 unspecified atom stereocenters. The van der Waals surface area contributed by atoms with Gasteiger partial charge in [-0.1, -0.05) is 6.92 Å². The summed E-state index contributed by atoms with van der Waals surface area (Å²) in [4.78, 5) is 38.8. The maximum atomic E-state index is 9.89. The molecule has 0 aromatic carbocycles. The molecule has 16 heavy (non-hydrogen) atoms. The van der Waals surface area contributed by atoms with E-state index in [1.807, 2.05) is 0 Å². The number of aliphatic hydroxyl groups excluding tert-OH is 1. The first-order valence-corrected chi connectivity index (χ1v) is 5.08. The monoisotopic (exact) mass is 230 g/mol. The molecule has 0 bridgehead atoms. The molecule has 0 amide bonds. The second-order valence-electron chi connectivity index (χ2n) is 3.30. The fourth-order valence-electron chi connectivity index (χ4n) is 0.706. The van der Waals surface area contributed by atoms with Crippen molar-refractivity contribution in [3.8, 4) is 0 Å². The van der Waals surface area contributed by atoms with Gasteiger partial charge >= 0.3 is 0 Å². The minimum absolute atomic E-state index is 0.0419. The van der Waals surface area contributed by atoms with Gasteiger partial charge in [-0.25, -0.2) is 0 Å². The summed E-state index contributed by atoms with van der Waals surface area (Å²) in [5, 5.41) is 8.46. The zero-order valence-electron chi connectivity index (χ0n) is 9.37. The Morgan fingerprint density at radius 2 is 1.44 bits per heavy atom. The van der Waals surface area contributed by atoms with Crippen LogP contribution < -0.4 is 0 Å². The molecule has 0 spiro atoms. The lowest BCUT2D eigenvalue weighted by molar-refractivity contribution is -0.116. The third-order valence-corrected chi connectivity index (χ3v) is 1.71. The van der Waals surface area contributed by atoms with Crippen molar-refractivity contribution in [2.24, 2.45) is 5.92 Å². The molecule has 0 rings (SSSR count). The molecule has 2 atom stereocenters. The number of hydrogen-bond acceptors (Lipinski definition) is 5. The molecule has 0 fully saturated rings. The van der Waals surface area contributed by atoms with Gasteiger partial charge in [-0.2, -0.15) is 0 Å². The number of carbonyl (C=O) groups is 4. The van der Waals surface area contributed by atoms with Crippen molar-refractivity contribution in [2.75, 3.05) is 0 Å². The predicted molar refractivity (Wildman–Crippen MR) is 57.9 cm³/mol. The van der Waals surface area contributed by atoms with E-state index in [-0.39, 0.29) is 18.8 Å². The first kappa shape index (κ1) is 17.0. The van der Waals surface area contributed by atoms with E-state index in [1.54, 1.807) is 6.92 Å². The molecular formula is C11H18O5. The topological polar surface area (TPSA) is 88.5 Å². The summed E-state index contributed by atoms with van der Waals surface area (Å²) in [6.45, 7) is 1.80. The summed E-state index contributed by atoms with van der Waals surface area (Å²) in [5.74, 6) is 0.0419. The van der Waals surface area contributed by atoms with Crippen LogP contribution in [0.25, 0.3) is 0 Å². The highest BCUT2D eigenvalue weighted by molar-refractivity contribution is 5.57. The van der Waals surface area contributed by atoms with Crippen LogP contribution in [-0.4, -0.2) is 36.4 Å². The summed E-state index contributed by atoms with van der Waals surface area (Å²) in [7, 11) is 0. The molecule has 0 aliphatic heterocycles. The number of carbonyl (C=O) groups excluding carboxylic acids is 4. The Morgan fingerprint density at radius 1 is 0.938 bits per heavy atom. The minimum Gasteiger partial charge on any atom is -0.386 e. The molecule has 0 saturated heterocycles. The van der Waals surface area contributed by atoms with E-state index >= 15 is 0 Å². The van der Waals surface area contributed by atoms with E-state index in [2.05, 4.69) is 0 Å². The summed E-state index contributed by atoms with van der Waals surface area (Å²) in [5.41, 5.74) is 0. The summed E-state index contributed by atoms with van der Waals surface area (Å²) >= 11 is 0. The fourth-order valence-corrected chi connectivity index (χ4v) is 0.706.